The van der Waals surface area contributed by atoms with Gasteiger partial charge < -0.3 is 5.32 Å². The van der Waals surface area contributed by atoms with Crippen LogP contribution in [0.4, 0.5) is 0 Å². The first-order valence-corrected chi connectivity index (χ1v) is 6.00. The first-order valence-electron chi connectivity index (χ1n) is 6.00. The van der Waals surface area contributed by atoms with Crippen LogP contribution in [0.3, 0.4) is 0 Å². The van der Waals surface area contributed by atoms with Crippen molar-refractivity contribution in [2.24, 2.45) is 11.3 Å². The molecule has 90 valence electrons. The fraction of sp³-hybridized carbons (Fsp3) is 0.571. The summed E-state index contributed by atoms with van der Waals surface area (Å²) in [6.07, 6.45) is 1.46. The number of Topliss-reactive ketones (excluding diaryl/α,β-unsaturated/α-hetero) is 1. The summed E-state index contributed by atoms with van der Waals surface area (Å²) >= 11 is 0. The summed E-state index contributed by atoms with van der Waals surface area (Å²) < 4.78 is 0. The molecule has 1 heterocycles. The third-order valence-electron chi connectivity index (χ3n) is 3.65. The van der Waals surface area contributed by atoms with E-state index in [1.165, 1.54) is 0 Å². The van der Waals surface area contributed by atoms with Gasteiger partial charge in [-0.25, -0.2) is 0 Å². The van der Waals surface area contributed by atoms with Gasteiger partial charge in [-0.2, -0.15) is 5.26 Å². The Kier molecular flexibility index (Phi) is 2.61. The van der Waals surface area contributed by atoms with Crippen molar-refractivity contribution in [2.45, 2.75) is 40.5 Å². The molecule has 17 heavy (non-hydrogen) atoms. The number of nitrogens with zero attached hydrogens (tertiary/aromatic N) is 1. The number of hydrogen-bond acceptors (Lipinski definition) is 3. The molecule has 2 aliphatic rings. The molecule has 0 bridgehead atoms. The maximum Gasteiger partial charge on any atom is 0.161 e. The predicted octanol–water partition coefficient (Wildman–Crippen LogP) is 2.67. The Morgan fingerprint density at radius 2 is 2.06 bits per heavy atom. The Morgan fingerprint density at radius 1 is 1.41 bits per heavy atom. The molecule has 2 rings (SSSR count). The summed E-state index contributed by atoms with van der Waals surface area (Å²) in [5.41, 5.74) is 3.45. The van der Waals surface area contributed by atoms with Gasteiger partial charge in [0, 0.05) is 29.3 Å². The average Bonchev–Trinajstić information content (AvgIpc) is 2.14. The molecule has 1 N–H and O–H groups in total. The molecule has 0 radical (unpaired) electrons. The molecular weight excluding hydrogens is 212 g/mol. The number of rotatable bonds is 0. The van der Waals surface area contributed by atoms with Gasteiger partial charge in [-0.3, -0.25) is 4.79 Å². The molecule has 0 aromatic heterocycles. The standard InChI is InChI=1S/C14H18N2O/c1-8-10(7-15)9(2)16-11-5-14(3,4)6-12(17)13(8)11/h8,16H,5-6H2,1-4H3/t8-/m1/s1. The molecule has 0 saturated carbocycles. The number of carbonyl (C=O) groups is 1. The van der Waals surface area contributed by atoms with Gasteiger partial charge in [0.2, 0.25) is 0 Å². The van der Waals surface area contributed by atoms with Crippen LogP contribution in [0.5, 0.6) is 0 Å². The number of dihydropyridines is 1. The fourth-order valence-corrected chi connectivity index (χ4v) is 2.89. The number of carbonyl (C=O) groups excluding carboxylic acids is 1. The molecule has 1 atom stereocenters. The summed E-state index contributed by atoms with van der Waals surface area (Å²) in [6, 6.07) is 2.21. The second kappa shape index (κ2) is 3.73. The van der Waals surface area contributed by atoms with Crippen molar-refractivity contribution in [2.75, 3.05) is 0 Å². The van der Waals surface area contributed by atoms with Gasteiger partial charge in [0.15, 0.2) is 5.78 Å². The molecule has 0 unspecified atom stereocenters. The Bertz CT molecular complexity index is 489. The van der Waals surface area contributed by atoms with Crippen LogP contribution >= 0.6 is 0 Å². The zero-order valence-electron chi connectivity index (χ0n) is 10.8. The minimum atomic E-state index is -0.0557. The molecule has 0 spiro atoms. The number of hydrogen-bond donors (Lipinski definition) is 1. The lowest BCUT2D eigenvalue weighted by atomic mass is 9.71. The minimum Gasteiger partial charge on any atom is -0.361 e. The number of nitriles is 1. The summed E-state index contributed by atoms with van der Waals surface area (Å²) in [7, 11) is 0. The van der Waals surface area contributed by atoms with E-state index in [1.54, 1.807) is 0 Å². The highest BCUT2D eigenvalue weighted by Gasteiger charge is 2.38. The van der Waals surface area contributed by atoms with Gasteiger partial charge in [0.1, 0.15) is 0 Å². The van der Waals surface area contributed by atoms with E-state index in [2.05, 4.69) is 25.2 Å². The van der Waals surface area contributed by atoms with E-state index in [9.17, 15) is 4.79 Å². The van der Waals surface area contributed by atoms with Crippen LogP contribution in [0.25, 0.3) is 0 Å². The monoisotopic (exact) mass is 230 g/mol. The van der Waals surface area contributed by atoms with Crippen molar-refractivity contribution in [3.05, 3.63) is 22.5 Å². The van der Waals surface area contributed by atoms with Crippen molar-refractivity contribution < 1.29 is 4.79 Å². The van der Waals surface area contributed by atoms with Crippen molar-refractivity contribution in [1.82, 2.24) is 5.32 Å². The van der Waals surface area contributed by atoms with Gasteiger partial charge in [0.05, 0.1) is 11.6 Å². The Hall–Kier alpha value is -1.56. The van der Waals surface area contributed by atoms with Crippen molar-refractivity contribution in [3.8, 4) is 6.07 Å². The van der Waals surface area contributed by atoms with Gasteiger partial charge in [-0.05, 0) is 18.8 Å². The molecule has 1 aliphatic carbocycles. The highest BCUT2D eigenvalue weighted by Crippen LogP contribution is 2.42. The lowest BCUT2D eigenvalue weighted by Crippen LogP contribution is -2.36. The minimum absolute atomic E-state index is 0.0209. The molecule has 0 aromatic carbocycles. The molecule has 0 fully saturated rings. The van der Waals surface area contributed by atoms with Crippen LogP contribution in [0.15, 0.2) is 22.5 Å². The Labute approximate surface area is 102 Å². The summed E-state index contributed by atoms with van der Waals surface area (Å²) in [5.74, 6) is 0.136. The molecule has 0 aromatic rings. The smallest absolute Gasteiger partial charge is 0.161 e. The fourth-order valence-electron chi connectivity index (χ4n) is 2.89. The van der Waals surface area contributed by atoms with E-state index in [-0.39, 0.29) is 17.1 Å². The summed E-state index contributed by atoms with van der Waals surface area (Å²) in [6.45, 7) is 8.08. The lowest BCUT2D eigenvalue weighted by Gasteiger charge is -2.37. The molecule has 1 aliphatic heterocycles. The van der Waals surface area contributed by atoms with Crippen molar-refractivity contribution in [1.29, 1.82) is 5.26 Å². The summed E-state index contributed by atoms with van der Waals surface area (Å²) in [4.78, 5) is 12.2. The number of ketones is 1. The first-order chi connectivity index (χ1) is 7.85. The first kappa shape index (κ1) is 11.9. The van der Waals surface area contributed by atoms with Crippen LogP contribution < -0.4 is 5.32 Å². The van der Waals surface area contributed by atoms with Gasteiger partial charge in [-0.15, -0.1) is 0 Å². The van der Waals surface area contributed by atoms with E-state index in [4.69, 9.17) is 5.26 Å². The highest BCUT2D eigenvalue weighted by atomic mass is 16.1. The predicted molar refractivity (Wildman–Crippen MR) is 65.7 cm³/mol. The van der Waals surface area contributed by atoms with E-state index in [0.29, 0.717) is 12.0 Å². The van der Waals surface area contributed by atoms with Crippen LogP contribution in [-0.4, -0.2) is 5.78 Å². The van der Waals surface area contributed by atoms with E-state index in [1.807, 2.05) is 13.8 Å². The molecule has 3 nitrogen and oxygen atoms in total. The summed E-state index contributed by atoms with van der Waals surface area (Å²) in [5, 5.41) is 12.4. The largest absolute Gasteiger partial charge is 0.361 e. The Balaban J connectivity index is 2.45. The second-order valence-electron chi connectivity index (χ2n) is 5.83. The molecule has 0 amide bonds. The van der Waals surface area contributed by atoms with Gasteiger partial charge in [0.25, 0.3) is 0 Å². The van der Waals surface area contributed by atoms with Crippen LogP contribution in [-0.2, 0) is 4.79 Å². The van der Waals surface area contributed by atoms with Crippen molar-refractivity contribution >= 4 is 5.78 Å². The SMILES string of the molecule is CC1=C(C#N)[C@@H](C)C2=C(CC(C)(C)CC2=O)N1. The number of nitrogens with one attached hydrogen (secondary N) is 1. The zero-order valence-corrected chi connectivity index (χ0v) is 10.8. The van der Waals surface area contributed by atoms with Crippen LogP contribution in [0.1, 0.15) is 40.5 Å². The third-order valence-corrected chi connectivity index (χ3v) is 3.65. The van der Waals surface area contributed by atoms with Gasteiger partial charge in [-0.1, -0.05) is 20.8 Å². The zero-order chi connectivity index (χ0) is 12.8. The average molecular weight is 230 g/mol. The van der Waals surface area contributed by atoms with Crippen LogP contribution in [0, 0.1) is 22.7 Å². The molecular formula is C14H18N2O. The topological polar surface area (TPSA) is 52.9 Å². The highest BCUT2D eigenvalue weighted by molar-refractivity contribution is 5.99. The third kappa shape index (κ3) is 1.88. The van der Waals surface area contributed by atoms with E-state index >= 15 is 0 Å². The van der Waals surface area contributed by atoms with Gasteiger partial charge >= 0.3 is 0 Å². The van der Waals surface area contributed by atoms with E-state index < -0.39 is 0 Å². The van der Waals surface area contributed by atoms with Crippen LogP contribution in [0.2, 0.25) is 0 Å². The van der Waals surface area contributed by atoms with Crippen molar-refractivity contribution in [3.63, 3.8) is 0 Å². The lowest BCUT2D eigenvalue weighted by molar-refractivity contribution is -0.118. The normalized spacial score (nSPS) is 27.5. The maximum atomic E-state index is 12.2. The maximum absolute atomic E-state index is 12.2. The molecule has 3 heteroatoms. The second-order valence-corrected chi connectivity index (χ2v) is 5.83. The van der Waals surface area contributed by atoms with E-state index in [0.717, 1.165) is 23.4 Å². The molecule has 0 saturated heterocycles. The quantitative estimate of drug-likeness (QED) is 0.696. The Morgan fingerprint density at radius 3 is 2.65 bits per heavy atom. The number of allylic oxidation sites excluding steroid dienone is 4.